The number of phenols is 1. The minimum atomic E-state index is 0.230. The second kappa shape index (κ2) is 5.03. The Morgan fingerprint density at radius 2 is 2.13 bits per heavy atom. The van der Waals surface area contributed by atoms with Crippen LogP contribution in [0.25, 0.3) is 0 Å². The smallest absolute Gasteiger partial charge is 0.161 e. The van der Waals surface area contributed by atoms with E-state index in [1.807, 2.05) is 42.6 Å². The van der Waals surface area contributed by atoms with Crippen molar-refractivity contribution >= 4 is 23.5 Å². The van der Waals surface area contributed by atoms with Crippen molar-refractivity contribution in [3.05, 3.63) is 23.8 Å². The summed E-state index contributed by atoms with van der Waals surface area (Å²) >= 11 is 3.91. The summed E-state index contributed by atoms with van der Waals surface area (Å²) in [5, 5.41) is 9.57. The first-order valence-corrected chi connectivity index (χ1v) is 7.10. The SMILES string of the molecule is CCOc1cc(C2SCCS2)ccc1O. The van der Waals surface area contributed by atoms with Crippen LogP contribution in [-0.2, 0) is 0 Å². The van der Waals surface area contributed by atoms with Gasteiger partial charge in [-0.25, -0.2) is 0 Å². The largest absolute Gasteiger partial charge is 0.504 e. The molecule has 1 aliphatic heterocycles. The van der Waals surface area contributed by atoms with Crippen LogP contribution in [0.3, 0.4) is 0 Å². The third-order valence-electron chi connectivity index (χ3n) is 2.18. The van der Waals surface area contributed by atoms with Gasteiger partial charge in [0.2, 0.25) is 0 Å². The highest BCUT2D eigenvalue weighted by Crippen LogP contribution is 2.46. The third kappa shape index (κ3) is 2.55. The van der Waals surface area contributed by atoms with Gasteiger partial charge >= 0.3 is 0 Å². The standard InChI is InChI=1S/C11H14O2S2/c1-2-13-10-7-8(3-4-9(10)12)11-14-5-6-15-11/h3-4,7,11-12H,2,5-6H2,1H3. The van der Waals surface area contributed by atoms with E-state index in [2.05, 4.69) is 0 Å². The maximum Gasteiger partial charge on any atom is 0.161 e. The molecular weight excluding hydrogens is 228 g/mol. The number of hydrogen-bond donors (Lipinski definition) is 1. The van der Waals surface area contributed by atoms with Crippen molar-refractivity contribution in [2.75, 3.05) is 18.1 Å². The Morgan fingerprint density at radius 3 is 2.80 bits per heavy atom. The fourth-order valence-corrected chi connectivity index (χ4v) is 4.34. The van der Waals surface area contributed by atoms with Crippen molar-refractivity contribution in [1.29, 1.82) is 0 Å². The molecule has 1 N–H and O–H groups in total. The average Bonchev–Trinajstić information content (AvgIpc) is 2.75. The fourth-order valence-electron chi connectivity index (χ4n) is 1.50. The molecule has 0 unspecified atom stereocenters. The van der Waals surface area contributed by atoms with Crippen LogP contribution >= 0.6 is 23.5 Å². The number of ether oxygens (including phenoxy) is 1. The monoisotopic (exact) mass is 242 g/mol. The lowest BCUT2D eigenvalue weighted by atomic mass is 10.2. The Hall–Kier alpha value is -0.480. The van der Waals surface area contributed by atoms with Gasteiger partial charge in [-0.2, -0.15) is 0 Å². The van der Waals surface area contributed by atoms with Crippen LogP contribution < -0.4 is 4.74 Å². The number of benzene rings is 1. The van der Waals surface area contributed by atoms with E-state index in [0.29, 0.717) is 16.9 Å². The highest BCUT2D eigenvalue weighted by atomic mass is 32.2. The molecule has 1 heterocycles. The topological polar surface area (TPSA) is 29.5 Å². The summed E-state index contributed by atoms with van der Waals surface area (Å²) in [5.74, 6) is 3.25. The second-order valence-electron chi connectivity index (χ2n) is 3.23. The molecule has 0 aromatic heterocycles. The van der Waals surface area contributed by atoms with Crippen molar-refractivity contribution in [1.82, 2.24) is 0 Å². The Balaban J connectivity index is 2.21. The van der Waals surface area contributed by atoms with Crippen molar-refractivity contribution in [3.8, 4) is 11.5 Å². The van der Waals surface area contributed by atoms with Crippen LogP contribution in [0.2, 0.25) is 0 Å². The number of phenolic OH excluding ortho intramolecular Hbond substituents is 1. The van der Waals surface area contributed by atoms with Crippen molar-refractivity contribution in [3.63, 3.8) is 0 Å². The van der Waals surface area contributed by atoms with Gasteiger partial charge in [-0.3, -0.25) is 0 Å². The molecule has 4 heteroatoms. The van der Waals surface area contributed by atoms with E-state index in [0.717, 1.165) is 0 Å². The summed E-state index contributed by atoms with van der Waals surface area (Å²) in [5.41, 5.74) is 1.24. The summed E-state index contributed by atoms with van der Waals surface area (Å²) in [7, 11) is 0. The van der Waals surface area contributed by atoms with Crippen molar-refractivity contribution < 1.29 is 9.84 Å². The second-order valence-corrected chi connectivity index (χ2v) is 5.96. The number of thioether (sulfide) groups is 2. The van der Waals surface area contributed by atoms with Crippen LogP contribution in [0.4, 0.5) is 0 Å². The maximum absolute atomic E-state index is 9.57. The molecule has 0 radical (unpaired) electrons. The highest BCUT2D eigenvalue weighted by Gasteiger charge is 2.19. The summed E-state index contributed by atoms with van der Waals surface area (Å²) in [6.45, 7) is 2.51. The van der Waals surface area contributed by atoms with Gasteiger partial charge in [-0.15, -0.1) is 23.5 Å². The zero-order chi connectivity index (χ0) is 10.7. The molecule has 1 aromatic carbocycles. The zero-order valence-electron chi connectivity index (χ0n) is 8.60. The normalized spacial score (nSPS) is 16.9. The van der Waals surface area contributed by atoms with E-state index in [1.165, 1.54) is 17.1 Å². The number of aromatic hydroxyl groups is 1. The van der Waals surface area contributed by atoms with E-state index < -0.39 is 0 Å². The lowest BCUT2D eigenvalue weighted by Gasteiger charge is -2.11. The van der Waals surface area contributed by atoms with Crippen LogP contribution in [0, 0.1) is 0 Å². The molecule has 0 saturated carbocycles. The van der Waals surface area contributed by atoms with E-state index in [4.69, 9.17) is 4.74 Å². The molecule has 2 rings (SSSR count). The first-order chi connectivity index (χ1) is 7.31. The molecule has 0 spiro atoms. The minimum Gasteiger partial charge on any atom is -0.504 e. The fraction of sp³-hybridized carbons (Fsp3) is 0.455. The third-order valence-corrected chi connectivity index (χ3v) is 5.28. The first kappa shape index (κ1) is 11.0. The van der Waals surface area contributed by atoms with Crippen molar-refractivity contribution in [2.24, 2.45) is 0 Å². The molecule has 1 saturated heterocycles. The molecule has 0 atom stereocenters. The Morgan fingerprint density at radius 1 is 1.40 bits per heavy atom. The highest BCUT2D eigenvalue weighted by molar-refractivity contribution is 8.19. The van der Waals surface area contributed by atoms with Gasteiger partial charge < -0.3 is 9.84 Å². The quantitative estimate of drug-likeness (QED) is 0.881. The van der Waals surface area contributed by atoms with Gasteiger partial charge in [0, 0.05) is 11.5 Å². The summed E-state index contributed by atoms with van der Waals surface area (Å²) in [6.07, 6.45) is 0. The first-order valence-electron chi connectivity index (χ1n) is 5.00. The Kier molecular flexibility index (Phi) is 3.70. The predicted octanol–water partition coefficient (Wildman–Crippen LogP) is 3.27. The molecule has 0 aliphatic carbocycles. The molecule has 82 valence electrons. The summed E-state index contributed by atoms with van der Waals surface area (Å²) in [4.78, 5) is 0. The lowest BCUT2D eigenvalue weighted by Crippen LogP contribution is -1.93. The lowest BCUT2D eigenvalue weighted by molar-refractivity contribution is 0.318. The van der Waals surface area contributed by atoms with Gasteiger partial charge in [0.1, 0.15) is 0 Å². The summed E-state index contributed by atoms with van der Waals surface area (Å²) in [6, 6.07) is 5.66. The molecule has 15 heavy (non-hydrogen) atoms. The van der Waals surface area contributed by atoms with Gasteiger partial charge in [-0.05, 0) is 24.6 Å². The summed E-state index contributed by atoms with van der Waals surface area (Å²) < 4.78 is 5.87. The number of rotatable bonds is 3. The van der Waals surface area contributed by atoms with Gasteiger partial charge in [0.25, 0.3) is 0 Å². The van der Waals surface area contributed by atoms with Gasteiger partial charge in [0.15, 0.2) is 11.5 Å². The van der Waals surface area contributed by atoms with E-state index in [-0.39, 0.29) is 5.75 Å². The Labute approximate surface area is 98.4 Å². The van der Waals surface area contributed by atoms with E-state index >= 15 is 0 Å². The van der Waals surface area contributed by atoms with Crippen LogP contribution in [-0.4, -0.2) is 23.2 Å². The predicted molar refractivity (Wildman–Crippen MR) is 66.9 cm³/mol. The number of hydrogen-bond acceptors (Lipinski definition) is 4. The minimum absolute atomic E-state index is 0.230. The average molecular weight is 242 g/mol. The van der Waals surface area contributed by atoms with Crippen LogP contribution in [0.15, 0.2) is 18.2 Å². The molecule has 0 amide bonds. The Bertz CT molecular complexity index is 335. The van der Waals surface area contributed by atoms with E-state index in [9.17, 15) is 5.11 Å². The van der Waals surface area contributed by atoms with Crippen LogP contribution in [0.1, 0.15) is 17.1 Å². The molecule has 1 fully saturated rings. The molecule has 2 nitrogen and oxygen atoms in total. The molecule has 1 aromatic rings. The van der Waals surface area contributed by atoms with Crippen LogP contribution in [0.5, 0.6) is 11.5 Å². The van der Waals surface area contributed by atoms with E-state index in [1.54, 1.807) is 6.07 Å². The van der Waals surface area contributed by atoms with Gasteiger partial charge in [0.05, 0.1) is 11.2 Å². The molecular formula is C11H14O2S2. The molecule has 1 aliphatic rings. The molecule has 0 bridgehead atoms. The van der Waals surface area contributed by atoms with Gasteiger partial charge in [-0.1, -0.05) is 6.07 Å². The maximum atomic E-state index is 9.57. The van der Waals surface area contributed by atoms with Crippen molar-refractivity contribution in [2.45, 2.75) is 11.5 Å². The zero-order valence-corrected chi connectivity index (χ0v) is 10.2.